The Morgan fingerprint density at radius 3 is 2.04 bits per heavy atom. The van der Waals surface area contributed by atoms with Gasteiger partial charge in [0.2, 0.25) is 5.82 Å². The minimum absolute atomic E-state index is 0.502. The Bertz CT molecular complexity index is 772. The van der Waals surface area contributed by atoms with Gasteiger partial charge in [-0.25, -0.2) is 0 Å². The van der Waals surface area contributed by atoms with E-state index in [4.69, 9.17) is 0 Å². The summed E-state index contributed by atoms with van der Waals surface area (Å²) in [4.78, 5) is 2.56. The van der Waals surface area contributed by atoms with Crippen molar-refractivity contribution >= 4 is 0 Å². The fourth-order valence-electron chi connectivity index (χ4n) is 3.39. The summed E-state index contributed by atoms with van der Waals surface area (Å²) >= 11 is 0. The van der Waals surface area contributed by atoms with Crippen LogP contribution in [0.15, 0.2) is 48.5 Å². The molecule has 1 aliphatic rings. The summed E-state index contributed by atoms with van der Waals surface area (Å²) in [5, 5.41) is 14.1. The third kappa shape index (κ3) is 2.95. The van der Waals surface area contributed by atoms with E-state index in [1.54, 1.807) is 0 Å². The minimum Gasteiger partial charge on any atom is -0.297 e. The number of aromatic nitrogens is 4. The average molecular weight is 319 g/mol. The number of hydrogen-bond donors (Lipinski definition) is 1. The second-order valence-electron chi connectivity index (χ2n) is 6.35. The molecule has 3 aromatic rings. The van der Waals surface area contributed by atoms with Gasteiger partial charge in [0.25, 0.3) is 0 Å². The predicted molar refractivity (Wildman–Crippen MR) is 94.3 cm³/mol. The number of rotatable bonds is 4. The molecule has 0 saturated carbocycles. The molecule has 0 amide bonds. The topological polar surface area (TPSA) is 57.7 Å². The molecule has 0 spiro atoms. The third-order valence-corrected chi connectivity index (χ3v) is 4.90. The van der Waals surface area contributed by atoms with Crippen LogP contribution >= 0.6 is 0 Å². The second kappa shape index (κ2) is 6.53. The second-order valence-corrected chi connectivity index (χ2v) is 6.35. The smallest absolute Gasteiger partial charge is 0.204 e. The first-order valence-electron chi connectivity index (χ1n) is 8.49. The normalized spacial score (nSPS) is 16.4. The summed E-state index contributed by atoms with van der Waals surface area (Å²) in [5.74, 6) is 0.622. The van der Waals surface area contributed by atoms with Crippen LogP contribution in [0.1, 0.15) is 31.4 Å². The standard InChI is InChI=1S/C19H21N5/c1-14(24-12-2-3-13-24)15-4-6-16(7-5-15)17-8-10-18(11-9-17)19-20-22-23-21-19/h4-11,14H,2-3,12-13H2,1H3,(H,20,21,22,23). The van der Waals surface area contributed by atoms with E-state index in [-0.39, 0.29) is 0 Å². The lowest BCUT2D eigenvalue weighted by molar-refractivity contribution is 0.263. The van der Waals surface area contributed by atoms with Gasteiger partial charge >= 0.3 is 0 Å². The number of benzene rings is 2. The third-order valence-electron chi connectivity index (χ3n) is 4.90. The van der Waals surface area contributed by atoms with E-state index in [0.717, 1.165) is 5.56 Å². The van der Waals surface area contributed by atoms with Crippen LogP contribution in [0.5, 0.6) is 0 Å². The van der Waals surface area contributed by atoms with Crippen molar-refractivity contribution in [1.82, 2.24) is 25.5 Å². The number of nitrogens with one attached hydrogen (secondary N) is 1. The average Bonchev–Trinajstić information content (AvgIpc) is 3.35. The van der Waals surface area contributed by atoms with Crippen molar-refractivity contribution in [3.05, 3.63) is 54.1 Å². The molecule has 122 valence electrons. The van der Waals surface area contributed by atoms with Gasteiger partial charge in [0.05, 0.1) is 0 Å². The highest BCUT2D eigenvalue weighted by molar-refractivity contribution is 5.67. The zero-order valence-corrected chi connectivity index (χ0v) is 13.8. The molecule has 4 rings (SSSR count). The van der Waals surface area contributed by atoms with Crippen LogP contribution in [-0.4, -0.2) is 38.6 Å². The molecule has 2 aromatic carbocycles. The summed E-state index contributed by atoms with van der Waals surface area (Å²) < 4.78 is 0. The molecule has 1 unspecified atom stereocenters. The van der Waals surface area contributed by atoms with Crippen molar-refractivity contribution in [3.63, 3.8) is 0 Å². The highest BCUT2D eigenvalue weighted by Gasteiger charge is 2.19. The summed E-state index contributed by atoms with van der Waals surface area (Å²) in [6.45, 7) is 4.75. The van der Waals surface area contributed by atoms with Crippen molar-refractivity contribution in [2.24, 2.45) is 0 Å². The van der Waals surface area contributed by atoms with Crippen molar-refractivity contribution in [3.8, 4) is 22.5 Å². The largest absolute Gasteiger partial charge is 0.297 e. The Balaban J connectivity index is 1.52. The predicted octanol–water partition coefficient (Wildman–Crippen LogP) is 3.69. The molecule has 2 heterocycles. The highest BCUT2D eigenvalue weighted by atomic mass is 15.5. The van der Waals surface area contributed by atoms with Crippen LogP contribution in [-0.2, 0) is 0 Å². The Kier molecular flexibility index (Phi) is 4.09. The van der Waals surface area contributed by atoms with Crippen molar-refractivity contribution in [2.45, 2.75) is 25.8 Å². The zero-order chi connectivity index (χ0) is 16.4. The van der Waals surface area contributed by atoms with Gasteiger partial charge in [-0.15, -0.1) is 10.2 Å². The van der Waals surface area contributed by atoms with Gasteiger partial charge in [-0.3, -0.25) is 4.90 Å². The fourth-order valence-corrected chi connectivity index (χ4v) is 3.39. The lowest BCUT2D eigenvalue weighted by atomic mass is 10.00. The molecule has 1 atom stereocenters. The van der Waals surface area contributed by atoms with E-state index < -0.39 is 0 Å². The van der Waals surface area contributed by atoms with Gasteiger partial charge < -0.3 is 0 Å². The molecule has 1 fully saturated rings. The van der Waals surface area contributed by atoms with Crippen LogP contribution < -0.4 is 0 Å². The molecule has 24 heavy (non-hydrogen) atoms. The van der Waals surface area contributed by atoms with Crippen LogP contribution in [0.3, 0.4) is 0 Å². The monoisotopic (exact) mass is 319 g/mol. The first kappa shape index (κ1) is 15.0. The van der Waals surface area contributed by atoms with Gasteiger partial charge in [0.15, 0.2) is 0 Å². The van der Waals surface area contributed by atoms with Crippen LogP contribution in [0.2, 0.25) is 0 Å². The van der Waals surface area contributed by atoms with Gasteiger partial charge in [0.1, 0.15) is 0 Å². The van der Waals surface area contributed by atoms with E-state index in [1.165, 1.54) is 42.6 Å². The molecule has 0 radical (unpaired) electrons. The Morgan fingerprint density at radius 1 is 0.875 bits per heavy atom. The van der Waals surface area contributed by atoms with Crippen molar-refractivity contribution in [1.29, 1.82) is 0 Å². The number of hydrogen-bond acceptors (Lipinski definition) is 4. The molecule has 0 aliphatic carbocycles. The maximum atomic E-state index is 4.01. The first-order chi connectivity index (χ1) is 11.8. The Labute approximate surface area is 141 Å². The van der Waals surface area contributed by atoms with Crippen LogP contribution in [0.4, 0.5) is 0 Å². The van der Waals surface area contributed by atoms with E-state index in [1.807, 2.05) is 12.1 Å². The number of aromatic amines is 1. The maximum Gasteiger partial charge on any atom is 0.204 e. The van der Waals surface area contributed by atoms with E-state index >= 15 is 0 Å². The molecule has 1 aromatic heterocycles. The summed E-state index contributed by atoms with van der Waals surface area (Å²) in [6, 6.07) is 17.7. The van der Waals surface area contributed by atoms with E-state index in [9.17, 15) is 0 Å². The van der Waals surface area contributed by atoms with Crippen molar-refractivity contribution in [2.75, 3.05) is 13.1 Å². The van der Waals surface area contributed by atoms with E-state index in [2.05, 4.69) is 68.8 Å². The van der Waals surface area contributed by atoms with Crippen molar-refractivity contribution < 1.29 is 0 Å². The van der Waals surface area contributed by atoms with Gasteiger partial charge in [0, 0.05) is 11.6 Å². The molecule has 1 N–H and O–H groups in total. The molecule has 1 aliphatic heterocycles. The summed E-state index contributed by atoms with van der Waals surface area (Å²) in [5.41, 5.74) is 4.78. The summed E-state index contributed by atoms with van der Waals surface area (Å²) in [6.07, 6.45) is 2.66. The van der Waals surface area contributed by atoms with Gasteiger partial charge in [-0.05, 0) is 54.8 Å². The fraction of sp³-hybridized carbons (Fsp3) is 0.316. The molecule has 1 saturated heterocycles. The lowest BCUT2D eigenvalue weighted by Crippen LogP contribution is -2.23. The van der Waals surface area contributed by atoms with Crippen LogP contribution in [0.25, 0.3) is 22.5 Å². The number of tetrazole rings is 1. The molecule has 5 heteroatoms. The zero-order valence-electron chi connectivity index (χ0n) is 13.8. The minimum atomic E-state index is 0.502. The molecule has 5 nitrogen and oxygen atoms in total. The first-order valence-corrected chi connectivity index (χ1v) is 8.49. The lowest BCUT2D eigenvalue weighted by Gasteiger charge is -2.24. The van der Waals surface area contributed by atoms with E-state index in [0.29, 0.717) is 11.9 Å². The van der Waals surface area contributed by atoms with Crippen LogP contribution in [0, 0.1) is 0 Å². The Hall–Kier alpha value is -2.53. The maximum absolute atomic E-state index is 4.01. The molecular formula is C19H21N5. The molecule has 0 bridgehead atoms. The SMILES string of the molecule is CC(c1ccc(-c2ccc(-c3nn[nH]n3)cc2)cc1)N1CCCC1. The van der Waals surface area contributed by atoms with Gasteiger partial charge in [-0.1, -0.05) is 48.5 Å². The highest BCUT2D eigenvalue weighted by Crippen LogP contribution is 2.28. The number of likely N-dealkylation sites (tertiary alicyclic amines) is 1. The van der Waals surface area contributed by atoms with Gasteiger partial charge in [-0.2, -0.15) is 5.21 Å². The Morgan fingerprint density at radius 2 is 1.46 bits per heavy atom. The molecular weight excluding hydrogens is 298 g/mol. The number of H-pyrrole nitrogens is 1. The quantitative estimate of drug-likeness (QED) is 0.797. The summed E-state index contributed by atoms with van der Waals surface area (Å²) in [7, 11) is 0. The number of nitrogens with zero attached hydrogens (tertiary/aromatic N) is 4.